The topological polar surface area (TPSA) is 83.9 Å². The van der Waals surface area contributed by atoms with Gasteiger partial charge in [-0.05, 0) is 43.9 Å². The second-order valence-corrected chi connectivity index (χ2v) is 9.60. The number of hydrogen-bond acceptors (Lipinski definition) is 5. The Morgan fingerprint density at radius 2 is 1.94 bits per heavy atom. The summed E-state index contributed by atoms with van der Waals surface area (Å²) in [6, 6.07) is 10.1. The predicted molar refractivity (Wildman–Crippen MR) is 131 cm³/mol. The number of benzene rings is 1. The van der Waals surface area contributed by atoms with Crippen LogP contribution in [-0.2, 0) is 11.3 Å². The van der Waals surface area contributed by atoms with Crippen molar-refractivity contribution in [2.45, 2.75) is 33.2 Å². The van der Waals surface area contributed by atoms with Gasteiger partial charge in [-0.25, -0.2) is 4.98 Å². The van der Waals surface area contributed by atoms with Gasteiger partial charge >= 0.3 is 0 Å². The second kappa shape index (κ2) is 8.78. The van der Waals surface area contributed by atoms with E-state index in [0.29, 0.717) is 41.2 Å². The molecule has 4 aromatic rings. The molecular formula is C25H25N5O2S. The van der Waals surface area contributed by atoms with Gasteiger partial charge in [0.1, 0.15) is 10.7 Å². The van der Waals surface area contributed by atoms with E-state index in [0.717, 1.165) is 34.4 Å². The standard InChI is InChI=1S/C25H25N5O2S/c1-16-17(2)33-24-21(16)23(31)27-22(28-24)20(25(32)29-10-6-7-11-29)12-19-13-26-30(15-19)14-18-8-4-3-5-9-18/h3-5,8-9,12-13,15H,6-7,10-11,14H2,1-2H3,(H,27,28,31). The molecule has 33 heavy (non-hydrogen) atoms. The van der Waals surface area contributed by atoms with E-state index in [1.165, 1.54) is 11.3 Å². The van der Waals surface area contributed by atoms with E-state index in [4.69, 9.17) is 4.98 Å². The maximum Gasteiger partial charge on any atom is 0.260 e. The van der Waals surface area contributed by atoms with Crippen molar-refractivity contribution in [3.8, 4) is 0 Å². The van der Waals surface area contributed by atoms with Gasteiger partial charge in [-0.15, -0.1) is 11.3 Å². The summed E-state index contributed by atoms with van der Waals surface area (Å²) in [5, 5.41) is 5.06. The maximum atomic E-state index is 13.4. The van der Waals surface area contributed by atoms with Gasteiger partial charge in [-0.1, -0.05) is 30.3 Å². The van der Waals surface area contributed by atoms with Gasteiger partial charge in [0.2, 0.25) is 0 Å². The number of nitrogens with zero attached hydrogens (tertiary/aromatic N) is 4. The average Bonchev–Trinajstić information content (AvgIpc) is 3.54. The zero-order valence-electron chi connectivity index (χ0n) is 18.7. The molecule has 0 aliphatic carbocycles. The molecule has 0 atom stereocenters. The smallest absolute Gasteiger partial charge is 0.260 e. The van der Waals surface area contributed by atoms with Crippen molar-refractivity contribution in [2.75, 3.05) is 13.1 Å². The third-order valence-electron chi connectivity index (χ3n) is 6.07. The van der Waals surface area contributed by atoms with E-state index >= 15 is 0 Å². The molecule has 1 aliphatic heterocycles. The van der Waals surface area contributed by atoms with Gasteiger partial charge in [0.05, 0.1) is 23.7 Å². The molecule has 1 saturated heterocycles. The van der Waals surface area contributed by atoms with Crippen molar-refractivity contribution in [2.24, 2.45) is 0 Å². The van der Waals surface area contributed by atoms with E-state index < -0.39 is 0 Å². The van der Waals surface area contributed by atoms with Crippen LogP contribution in [0.3, 0.4) is 0 Å². The first kappa shape index (κ1) is 21.3. The van der Waals surface area contributed by atoms with Gasteiger partial charge in [-0.2, -0.15) is 5.10 Å². The highest BCUT2D eigenvalue weighted by Gasteiger charge is 2.25. The first-order chi connectivity index (χ1) is 16.0. The summed E-state index contributed by atoms with van der Waals surface area (Å²) in [4.78, 5) is 37.4. The van der Waals surface area contributed by atoms with Crippen molar-refractivity contribution in [3.05, 3.63) is 80.5 Å². The van der Waals surface area contributed by atoms with Crippen LogP contribution in [0.4, 0.5) is 0 Å². The molecule has 168 valence electrons. The number of H-pyrrole nitrogens is 1. The number of nitrogens with one attached hydrogen (secondary N) is 1. The van der Waals surface area contributed by atoms with Crippen molar-refractivity contribution >= 4 is 39.1 Å². The number of aromatic nitrogens is 4. The highest BCUT2D eigenvalue weighted by molar-refractivity contribution is 7.18. The van der Waals surface area contributed by atoms with Gasteiger partial charge < -0.3 is 9.88 Å². The highest BCUT2D eigenvalue weighted by atomic mass is 32.1. The summed E-state index contributed by atoms with van der Waals surface area (Å²) in [6.45, 7) is 5.98. The van der Waals surface area contributed by atoms with Gasteiger partial charge in [-0.3, -0.25) is 14.3 Å². The Kier molecular flexibility index (Phi) is 5.68. The lowest BCUT2D eigenvalue weighted by molar-refractivity contribution is -0.123. The first-order valence-corrected chi connectivity index (χ1v) is 11.9. The van der Waals surface area contributed by atoms with Crippen LogP contribution in [0.2, 0.25) is 0 Å². The fourth-order valence-corrected chi connectivity index (χ4v) is 5.21. The molecule has 0 saturated carbocycles. The van der Waals surface area contributed by atoms with Crippen molar-refractivity contribution in [3.63, 3.8) is 0 Å². The molecule has 0 spiro atoms. The SMILES string of the molecule is Cc1sc2nc(C(=Cc3cnn(Cc4ccccc4)c3)C(=O)N3CCCC3)[nH]c(=O)c2c1C. The van der Waals surface area contributed by atoms with Gasteiger partial charge in [0.25, 0.3) is 11.5 Å². The van der Waals surface area contributed by atoms with Crippen LogP contribution in [0.25, 0.3) is 21.9 Å². The van der Waals surface area contributed by atoms with E-state index in [9.17, 15) is 9.59 Å². The summed E-state index contributed by atoms with van der Waals surface area (Å²) in [6.07, 6.45) is 7.39. The number of hydrogen-bond donors (Lipinski definition) is 1. The zero-order chi connectivity index (χ0) is 22.9. The number of likely N-dealkylation sites (tertiary alicyclic amines) is 1. The Labute approximate surface area is 195 Å². The first-order valence-electron chi connectivity index (χ1n) is 11.1. The number of rotatable bonds is 5. The number of aryl methyl sites for hydroxylation is 2. The van der Waals surface area contributed by atoms with Gasteiger partial charge in [0.15, 0.2) is 0 Å². The fraction of sp³-hybridized carbons (Fsp3) is 0.280. The Balaban J connectivity index is 1.55. The van der Waals surface area contributed by atoms with Crippen molar-refractivity contribution in [1.82, 2.24) is 24.6 Å². The molecule has 0 bridgehead atoms. The molecule has 4 heterocycles. The third kappa shape index (κ3) is 4.26. The lowest BCUT2D eigenvalue weighted by atomic mass is 10.1. The minimum Gasteiger partial charge on any atom is -0.339 e. The number of carbonyl (C=O) groups is 1. The van der Waals surface area contributed by atoms with Crippen LogP contribution in [0, 0.1) is 13.8 Å². The molecule has 7 nitrogen and oxygen atoms in total. The molecular weight excluding hydrogens is 434 g/mol. The van der Waals surface area contributed by atoms with Crippen LogP contribution < -0.4 is 5.56 Å². The minimum atomic E-state index is -0.211. The molecule has 1 aliphatic rings. The molecule has 8 heteroatoms. The third-order valence-corrected chi connectivity index (χ3v) is 7.17. The summed E-state index contributed by atoms with van der Waals surface area (Å²) < 4.78 is 1.84. The molecule has 0 radical (unpaired) electrons. The Morgan fingerprint density at radius 3 is 2.70 bits per heavy atom. The van der Waals surface area contributed by atoms with Crippen LogP contribution in [0.1, 0.15) is 40.2 Å². The van der Waals surface area contributed by atoms with Crippen molar-refractivity contribution < 1.29 is 4.79 Å². The highest BCUT2D eigenvalue weighted by Crippen LogP contribution is 2.28. The fourth-order valence-electron chi connectivity index (χ4n) is 4.18. The van der Waals surface area contributed by atoms with Crippen LogP contribution in [-0.4, -0.2) is 43.6 Å². The van der Waals surface area contributed by atoms with Crippen LogP contribution >= 0.6 is 11.3 Å². The van der Waals surface area contributed by atoms with Crippen LogP contribution in [0.15, 0.2) is 47.5 Å². The maximum absolute atomic E-state index is 13.4. The average molecular weight is 460 g/mol. The molecule has 1 aromatic carbocycles. The van der Waals surface area contributed by atoms with E-state index in [-0.39, 0.29) is 11.5 Å². The molecule has 5 rings (SSSR count). The van der Waals surface area contributed by atoms with E-state index in [1.807, 2.05) is 47.8 Å². The van der Waals surface area contributed by atoms with Gasteiger partial charge in [0, 0.05) is 29.7 Å². The molecule has 1 amide bonds. The summed E-state index contributed by atoms with van der Waals surface area (Å²) in [5.74, 6) is 0.192. The number of carbonyl (C=O) groups excluding carboxylic acids is 1. The Bertz CT molecular complexity index is 1410. The van der Waals surface area contributed by atoms with E-state index in [1.54, 1.807) is 12.3 Å². The molecule has 1 fully saturated rings. The molecule has 3 aromatic heterocycles. The lowest BCUT2D eigenvalue weighted by Gasteiger charge is -2.17. The summed E-state index contributed by atoms with van der Waals surface area (Å²) in [5.41, 5.74) is 3.05. The number of aromatic amines is 1. The lowest BCUT2D eigenvalue weighted by Crippen LogP contribution is -2.29. The largest absolute Gasteiger partial charge is 0.339 e. The zero-order valence-corrected chi connectivity index (χ0v) is 19.5. The monoisotopic (exact) mass is 459 g/mol. The summed E-state index contributed by atoms with van der Waals surface area (Å²) in [7, 11) is 0. The molecule has 0 unspecified atom stereocenters. The van der Waals surface area contributed by atoms with Crippen LogP contribution in [0.5, 0.6) is 0 Å². The number of fused-ring (bicyclic) bond motifs is 1. The summed E-state index contributed by atoms with van der Waals surface area (Å²) >= 11 is 1.48. The molecule has 1 N–H and O–H groups in total. The Morgan fingerprint density at radius 1 is 1.18 bits per heavy atom. The Hall–Kier alpha value is -3.52. The minimum absolute atomic E-state index is 0.115. The van der Waals surface area contributed by atoms with Crippen molar-refractivity contribution in [1.29, 1.82) is 0 Å². The quantitative estimate of drug-likeness (QED) is 0.457. The predicted octanol–water partition coefficient (Wildman–Crippen LogP) is 4.01. The number of thiophene rings is 1. The number of amides is 1. The van der Waals surface area contributed by atoms with E-state index in [2.05, 4.69) is 22.2 Å². The normalized spacial score (nSPS) is 14.4. The second-order valence-electron chi connectivity index (χ2n) is 8.39.